The zero-order valence-corrected chi connectivity index (χ0v) is 14.8. The number of nitrogens with zero attached hydrogens (tertiary/aromatic N) is 2. The molecule has 0 radical (unpaired) electrons. The van der Waals surface area contributed by atoms with Gasteiger partial charge in [0.15, 0.2) is 0 Å². The van der Waals surface area contributed by atoms with Crippen LogP contribution in [0.15, 0.2) is 35.7 Å². The number of aliphatic hydroxyl groups excluding tert-OH is 1. The van der Waals surface area contributed by atoms with Gasteiger partial charge in [0.05, 0.1) is 11.1 Å². The summed E-state index contributed by atoms with van der Waals surface area (Å²) in [6.45, 7) is 3.20. The Morgan fingerprint density at radius 2 is 2.17 bits per heavy atom. The van der Waals surface area contributed by atoms with Crippen molar-refractivity contribution in [2.75, 3.05) is 13.1 Å². The molecule has 1 aromatic heterocycles. The van der Waals surface area contributed by atoms with Crippen molar-refractivity contribution < 1.29 is 9.90 Å². The first kappa shape index (κ1) is 17.1. The second-order valence-electron chi connectivity index (χ2n) is 6.51. The van der Waals surface area contributed by atoms with Crippen molar-refractivity contribution in [1.82, 2.24) is 9.88 Å². The molecular formula is C19H24N2O2S. The Morgan fingerprint density at radius 3 is 2.92 bits per heavy atom. The summed E-state index contributed by atoms with van der Waals surface area (Å²) in [4.78, 5) is 19.0. The second kappa shape index (κ2) is 7.90. The van der Waals surface area contributed by atoms with Crippen LogP contribution in [-0.4, -0.2) is 40.1 Å². The number of likely N-dealkylation sites (tertiary alicyclic amines) is 1. The standard InChI is InChI=1S/C19H24N2O2S/c1-14(22)16-8-5-11-21(12-16)19(23)17-13-24-18(20-17)10-9-15-6-3-2-4-7-15/h2-4,6-7,13-14,16,22H,5,8-12H2,1H3. The molecule has 5 heteroatoms. The molecule has 0 bridgehead atoms. The Hall–Kier alpha value is -1.72. The fourth-order valence-corrected chi connectivity index (χ4v) is 3.94. The molecule has 0 saturated carbocycles. The number of benzene rings is 1. The van der Waals surface area contributed by atoms with Gasteiger partial charge in [0, 0.05) is 30.8 Å². The average Bonchev–Trinajstić information content (AvgIpc) is 3.09. The van der Waals surface area contributed by atoms with Crippen molar-refractivity contribution in [2.45, 2.75) is 38.7 Å². The molecule has 2 atom stereocenters. The summed E-state index contributed by atoms with van der Waals surface area (Å²) >= 11 is 1.56. The fraction of sp³-hybridized carbons (Fsp3) is 0.474. The van der Waals surface area contributed by atoms with Crippen LogP contribution in [0, 0.1) is 5.92 Å². The van der Waals surface area contributed by atoms with Gasteiger partial charge in [-0.15, -0.1) is 11.3 Å². The van der Waals surface area contributed by atoms with Gasteiger partial charge in [-0.25, -0.2) is 4.98 Å². The minimum absolute atomic E-state index is 0.00237. The third-order valence-corrected chi connectivity index (χ3v) is 5.58. The van der Waals surface area contributed by atoms with E-state index in [4.69, 9.17) is 0 Å². The van der Waals surface area contributed by atoms with E-state index in [-0.39, 0.29) is 17.9 Å². The lowest BCUT2D eigenvalue weighted by Crippen LogP contribution is -2.43. The van der Waals surface area contributed by atoms with Gasteiger partial charge >= 0.3 is 0 Å². The van der Waals surface area contributed by atoms with Gasteiger partial charge in [-0.05, 0) is 31.7 Å². The molecule has 2 aromatic rings. The lowest BCUT2D eigenvalue weighted by Gasteiger charge is -2.33. The molecule has 1 saturated heterocycles. The van der Waals surface area contributed by atoms with E-state index >= 15 is 0 Å². The Labute approximate surface area is 147 Å². The van der Waals surface area contributed by atoms with E-state index in [1.54, 1.807) is 11.3 Å². The number of aryl methyl sites for hydroxylation is 2. The molecule has 1 amide bonds. The number of hydrogen-bond donors (Lipinski definition) is 1. The van der Waals surface area contributed by atoms with Crippen LogP contribution in [0.2, 0.25) is 0 Å². The van der Waals surface area contributed by atoms with Crippen molar-refractivity contribution in [3.8, 4) is 0 Å². The monoisotopic (exact) mass is 344 g/mol. The molecule has 1 aliphatic rings. The zero-order valence-electron chi connectivity index (χ0n) is 14.0. The Balaban J connectivity index is 1.59. The molecular weight excluding hydrogens is 320 g/mol. The van der Waals surface area contributed by atoms with Gasteiger partial charge in [-0.3, -0.25) is 4.79 Å². The van der Waals surface area contributed by atoms with Gasteiger partial charge in [-0.2, -0.15) is 0 Å². The predicted molar refractivity (Wildman–Crippen MR) is 96.3 cm³/mol. The van der Waals surface area contributed by atoms with Gasteiger partial charge in [0.25, 0.3) is 5.91 Å². The molecule has 4 nitrogen and oxygen atoms in total. The van der Waals surface area contributed by atoms with E-state index in [0.717, 1.165) is 37.2 Å². The van der Waals surface area contributed by atoms with Crippen LogP contribution >= 0.6 is 11.3 Å². The summed E-state index contributed by atoms with van der Waals surface area (Å²) in [5.41, 5.74) is 1.84. The van der Waals surface area contributed by atoms with Gasteiger partial charge in [-0.1, -0.05) is 30.3 Å². The normalized spacial score (nSPS) is 19.2. The van der Waals surface area contributed by atoms with Crippen LogP contribution in [-0.2, 0) is 12.8 Å². The maximum atomic E-state index is 12.6. The number of hydrogen-bond acceptors (Lipinski definition) is 4. The van der Waals surface area contributed by atoms with Crippen molar-refractivity contribution in [2.24, 2.45) is 5.92 Å². The second-order valence-corrected chi connectivity index (χ2v) is 7.45. The summed E-state index contributed by atoms with van der Waals surface area (Å²) in [5.74, 6) is 0.182. The number of thiazole rings is 1. The minimum Gasteiger partial charge on any atom is -0.393 e. The smallest absolute Gasteiger partial charge is 0.273 e. The minimum atomic E-state index is -0.363. The van der Waals surface area contributed by atoms with Crippen LogP contribution in [0.3, 0.4) is 0 Å². The number of aromatic nitrogens is 1. The number of amides is 1. The number of carbonyl (C=O) groups excluding carboxylic acids is 1. The van der Waals surface area contributed by atoms with E-state index in [1.807, 2.05) is 35.4 Å². The Kier molecular flexibility index (Phi) is 5.63. The van der Waals surface area contributed by atoms with Crippen LogP contribution < -0.4 is 0 Å². The molecule has 1 aromatic carbocycles. The van der Waals surface area contributed by atoms with Crippen LogP contribution in [0.5, 0.6) is 0 Å². The highest BCUT2D eigenvalue weighted by Gasteiger charge is 2.28. The van der Waals surface area contributed by atoms with Crippen LogP contribution in [0.4, 0.5) is 0 Å². The highest BCUT2D eigenvalue weighted by molar-refractivity contribution is 7.09. The number of aliphatic hydroxyl groups is 1. The maximum Gasteiger partial charge on any atom is 0.273 e. The van der Waals surface area contributed by atoms with Gasteiger partial charge in [0.2, 0.25) is 0 Å². The number of rotatable bonds is 5. The van der Waals surface area contributed by atoms with E-state index in [2.05, 4.69) is 17.1 Å². The Bertz CT molecular complexity index is 669. The van der Waals surface area contributed by atoms with E-state index in [9.17, 15) is 9.90 Å². The summed E-state index contributed by atoms with van der Waals surface area (Å²) in [5, 5.41) is 12.7. The molecule has 24 heavy (non-hydrogen) atoms. The largest absolute Gasteiger partial charge is 0.393 e. The highest BCUT2D eigenvalue weighted by Crippen LogP contribution is 2.22. The first-order valence-corrected chi connectivity index (χ1v) is 9.47. The maximum absolute atomic E-state index is 12.6. The third-order valence-electron chi connectivity index (χ3n) is 4.67. The first-order valence-electron chi connectivity index (χ1n) is 8.59. The topological polar surface area (TPSA) is 53.4 Å². The molecule has 1 N–H and O–H groups in total. The SMILES string of the molecule is CC(O)C1CCCN(C(=O)c2csc(CCc3ccccc3)n2)C1. The van der Waals surface area contributed by atoms with Gasteiger partial charge < -0.3 is 10.0 Å². The molecule has 0 spiro atoms. The molecule has 2 heterocycles. The van der Waals surface area contributed by atoms with Gasteiger partial charge in [0.1, 0.15) is 5.69 Å². The van der Waals surface area contributed by atoms with Crippen molar-refractivity contribution >= 4 is 17.2 Å². The first-order chi connectivity index (χ1) is 11.6. The summed E-state index contributed by atoms with van der Waals surface area (Å²) in [6.07, 6.45) is 3.37. The number of piperidine rings is 1. The Morgan fingerprint density at radius 1 is 1.38 bits per heavy atom. The lowest BCUT2D eigenvalue weighted by atomic mass is 9.93. The molecule has 0 aliphatic carbocycles. The van der Waals surface area contributed by atoms with Crippen molar-refractivity contribution in [3.05, 3.63) is 52.0 Å². The van der Waals surface area contributed by atoms with Crippen molar-refractivity contribution in [3.63, 3.8) is 0 Å². The fourth-order valence-electron chi connectivity index (χ4n) is 3.17. The van der Waals surface area contributed by atoms with E-state index < -0.39 is 0 Å². The summed E-state index contributed by atoms with van der Waals surface area (Å²) in [7, 11) is 0. The number of carbonyl (C=O) groups is 1. The summed E-state index contributed by atoms with van der Waals surface area (Å²) < 4.78 is 0. The molecule has 2 unspecified atom stereocenters. The zero-order chi connectivity index (χ0) is 16.9. The molecule has 1 aliphatic heterocycles. The predicted octanol–water partition coefficient (Wildman–Crippen LogP) is 3.16. The molecule has 1 fully saturated rings. The summed E-state index contributed by atoms with van der Waals surface area (Å²) in [6, 6.07) is 10.3. The highest BCUT2D eigenvalue weighted by atomic mass is 32.1. The quantitative estimate of drug-likeness (QED) is 0.906. The molecule has 128 valence electrons. The van der Waals surface area contributed by atoms with E-state index in [1.165, 1.54) is 5.56 Å². The van der Waals surface area contributed by atoms with Crippen LogP contribution in [0.25, 0.3) is 0 Å². The average molecular weight is 344 g/mol. The lowest BCUT2D eigenvalue weighted by molar-refractivity contribution is 0.0462. The third kappa shape index (κ3) is 4.22. The van der Waals surface area contributed by atoms with Crippen molar-refractivity contribution in [1.29, 1.82) is 0 Å². The molecule has 3 rings (SSSR count). The van der Waals surface area contributed by atoms with E-state index in [0.29, 0.717) is 12.2 Å². The van der Waals surface area contributed by atoms with Crippen LogP contribution in [0.1, 0.15) is 40.8 Å².